The fraction of sp³-hybridized carbons (Fsp3) is 0.600. The molecule has 1 aromatic rings. The molecule has 102 valence electrons. The number of rotatable bonds is 8. The Morgan fingerprint density at radius 3 is 2.67 bits per heavy atom. The Morgan fingerprint density at radius 1 is 1.28 bits per heavy atom. The zero-order valence-corrected chi connectivity index (χ0v) is 11.9. The van der Waals surface area contributed by atoms with Crippen molar-refractivity contribution < 1.29 is 9.47 Å². The maximum Gasteiger partial charge on any atom is 0.120 e. The van der Waals surface area contributed by atoms with Crippen molar-refractivity contribution in [2.75, 3.05) is 20.3 Å². The van der Waals surface area contributed by atoms with Crippen LogP contribution in [-0.4, -0.2) is 26.4 Å². The van der Waals surface area contributed by atoms with E-state index in [1.165, 1.54) is 5.56 Å². The molecule has 3 nitrogen and oxygen atoms in total. The SMILES string of the molecule is CCOCCC(NC)c1cccc(OC(C)C)c1. The Hall–Kier alpha value is -1.06. The summed E-state index contributed by atoms with van der Waals surface area (Å²) in [6.45, 7) is 7.64. The third kappa shape index (κ3) is 5.07. The highest BCUT2D eigenvalue weighted by molar-refractivity contribution is 5.30. The van der Waals surface area contributed by atoms with Crippen LogP contribution in [-0.2, 0) is 4.74 Å². The number of nitrogens with one attached hydrogen (secondary N) is 1. The summed E-state index contributed by atoms with van der Waals surface area (Å²) in [4.78, 5) is 0. The van der Waals surface area contributed by atoms with E-state index in [2.05, 4.69) is 17.4 Å². The van der Waals surface area contributed by atoms with Crippen LogP contribution in [0.1, 0.15) is 38.8 Å². The lowest BCUT2D eigenvalue weighted by Gasteiger charge is -2.18. The summed E-state index contributed by atoms with van der Waals surface area (Å²) in [6, 6.07) is 8.58. The highest BCUT2D eigenvalue weighted by Crippen LogP contribution is 2.22. The van der Waals surface area contributed by atoms with Gasteiger partial charge in [0.2, 0.25) is 0 Å². The van der Waals surface area contributed by atoms with Crippen LogP contribution in [0.15, 0.2) is 24.3 Å². The van der Waals surface area contributed by atoms with Crippen LogP contribution in [0.25, 0.3) is 0 Å². The summed E-state index contributed by atoms with van der Waals surface area (Å²) in [5.74, 6) is 0.930. The van der Waals surface area contributed by atoms with E-state index in [-0.39, 0.29) is 6.10 Å². The number of hydrogen-bond donors (Lipinski definition) is 1. The molecule has 1 unspecified atom stereocenters. The molecule has 0 heterocycles. The first-order valence-corrected chi connectivity index (χ1v) is 6.69. The van der Waals surface area contributed by atoms with Gasteiger partial charge in [0.15, 0.2) is 0 Å². The van der Waals surface area contributed by atoms with Crippen LogP contribution in [0.2, 0.25) is 0 Å². The molecule has 1 N–H and O–H groups in total. The molecule has 0 bridgehead atoms. The molecule has 0 spiro atoms. The maximum absolute atomic E-state index is 5.72. The van der Waals surface area contributed by atoms with Crippen LogP contribution >= 0.6 is 0 Å². The molecule has 3 heteroatoms. The molecule has 0 saturated heterocycles. The first kappa shape index (κ1) is 15.0. The van der Waals surface area contributed by atoms with Gasteiger partial charge in [0, 0.05) is 19.3 Å². The van der Waals surface area contributed by atoms with Crippen LogP contribution in [0.4, 0.5) is 0 Å². The monoisotopic (exact) mass is 251 g/mol. The van der Waals surface area contributed by atoms with Crippen molar-refractivity contribution in [3.63, 3.8) is 0 Å². The Kier molecular flexibility index (Phi) is 6.76. The lowest BCUT2D eigenvalue weighted by atomic mass is 10.0. The van der Waals surface area contributed by atoms with Gasteiger partial charge in [-0.3, -0.25) is 0 Å². The van der Waals surface area contributed by atoms with E-state index in [4.69, 9.17) is 9.47 Å². The van der Waals surface area contributed by atoms with Crippen molar-refractivity contribution in [2.45, 2.75) is 39.3 Å². The summed E-state index contributed by atoms with van der Waals surface area (Å²) in [5.41, 5.74) is 1.25. The molecular formula is C15H25NO2. The Bertz CT molecular complexity index is 339. The van der Waals surface area contributed by atoms with Gasteiger partial charge in [0.05, 0.1) is 6.10 Å². The molecule has 0 amide bonds. The topological polar surface area (TPSA) is 30.5 Å². The molecular weight excluding hydrogens is 226 g/mol. The Labute approximate surface area is 110 Å². The van der Waals surface area contributed by atoms with Crippen molar-refractivity contribution >= 4 is 0 Å². The summed E-state index contributed by atoms with van der Waals surface area (Å²) < 4.78 is 11.1. The van der Waals surface area contributed by atoms with Gasteiger partial charge in [0.25, 0.3) is 0 Å². The van der Waals surface area contributed by atoms with Gasteiger partial charge >= 0.3 is 0 Å². The van der Waals surface area contributed by atoms with Gasteiger partial charge in [-0.05, 0) is 51.9 Å². The van der Waals surface area contributed by atoms with E-state index in [1.54, 1.807) is 0 Å². The lowest BCUT2D eigenvalue weighted by Crippen LogP contribution is -2.18. The maximum atomic E-state index is 5.72. The van der Waals surface area contributed by atoms with Crippen LogP contribution < -0.4 is 10.1 Å². The lowest BCUT2D eigenvalue weighted by molar-refractivity contribution is 0.137. The smallest absolute Gasteiger partial charge is 0.120 e. The molecule has 18 heavy (non-hydrogen) atoms. The van der Waals surface area contributed by atoms with E-state index >= 15 is 0 Å². The third-order valence-electron chi connectivity index (χ3n) is 2.74. The van der Waals surface area contributed by atoms with Crippen LogP contribution in [0.5, 0.6) is 5.75 Å². The summed E-state index contributed by atoms with van der Waals surface area (Å²) >= 11 is 0. The summed E-state index contributed by atoms with van der Waals surface area (Å²) in [7, 11) is 1.98. The largest absolute Gasteiger partial charge is 0.491 e. The predicted octanol–water partition coefficient (Wildman–Crippen LogP) is 3.16. The molecule has 0 radical (unpaired) electrons. The zero-order chi connectivity index (χ0) is 13.4. The molecule has 0 saturated carbocycles. The van der Waals surface area contributed by atoms with Gasteiger partial charge in [-0.1, -0.05) is 12.1 Å². The molecule has 0 aliphatic heterocycles. The first-order valence-electron chi connectivity index (χ1n) is 6.69. The van der Waals surface area contributed by atoms with E-state index < -0.39 is 0 Å². The molecule has 1 aromatic carbocycles. The molecule has 0 aromatic heterocycles. The number of benzene rings is 1. The minimum atomic E-state index is 0.205. The Balaban J connectivity index is 2.66. The molecule has 0 fully saturated rings. The van der Waals surface area contributed by atoms with Crippen molar-refractivity contribution in [1.29, 1.82) is 0 Å². The second-order valence-electron chi connectivity index (χ2n) is 4.57. The minimum Gasteiger partial charge on any atom is -0.491 e. The predicted molar refractivity (Wildman–Crippen MR) is 75.1 cm³/mol. The van der Waals surface area contributed by atoms with Crippen LogP contribution in [0.3, 0.4) is 0 Å². The van der Waals surface area contributed by atoms with E-state index in [9.17, 15) is 0 Å². The van der Waals surface area contributed by atoms with Gasteiger partial charge in [-0.25, -0.2) is 0 Å². The van der Waals surface area contributed by atoms with E-state index in [0.29, 0.717) is 6.04 Å². The van der Waals surface area contributed by atoms with Gasteiger partial charge in [-0.15, -0.1) is 0 Å². The highest BCUT2D eigenvalue weighted by atomic mass is 16.5. The van der Waals surface area contributed by atoms with Crippen molar-refractivity contribution in [3.05, 3.63) is 29.8 Å². The van der Waals surface area contributed by atoms with Gasteiger partial charge < -0.3 is 14.8 Å². The quantitative estimate of drug-likeness (QED) is 0.720. The second-order valence-corrected chi connectivity index (χ2v) is 4.57. The first-order chi connectivity index (χ1) is 8.67. The number of hydrogen-bond acceptors (Lipinski definition) is 3. The van der Waals surface area contributed by atoms with Crippen molar-refractivity contribution in [3.8, 4) is 5.75 Å². The second kappa shape index (κ2) is 8.11. The average Bonchev–Trinajstić information content (AvgIpc) is 2.34. The minimum absolute atomic E-state index is 0.205. The zero-order valence-electron chi connectivity index (χ0n) is 11.9. The highest BCUT2D eigenvalue weighted by Gasteiger charge is 2.10. The summed E-state index contributed by atoms with van der Waals surface area (Å²) in [6.07, 6.45) is 1.17. The Morgan fingerprint density at radius 2 is 2.06 bits per heavy atom. The van der Waals surface area contributed by atoms with E-state index in [0.717, 1.165) is 25.4 Å². The summed E-state index contributed by atoms with van der Waals surface area (Å²) in [5, 5.41) is 3.32. The molecule has 1 rings (SSSR count). The van der Waals surface area contributed by atoms with E-state index in [1.807, 2.05) is 40.0 Å². The standard InChI is InChI=1S/C15H25NO2/c1-5-17-10-9-15(16-4)13-7-6-8-14(11-13)18-12(2)3/h6-8,11-12,15-16H,5,9-10H2,1-4H3. The van der Waals surface area contributed by atoms with Crippen molar-refractivity contribution in [1.82, 2.24) is 5.32 Å². The molecule has 0 aliphatic carbocycles. The molecule has 1 atom stereocenters. The normalized spacial score (nSPS) is 12.7. The molecule has 0 aliphatic rings. The van der Waals surface area contributed by atoms with Crippen LogP contribution in [0, 0.1) is 0 Å². The fourth-order valence-corrected chi connectivity index (χ4v) is 1.90. The third-order valence-corrected chi connectivity index (χ3v) is 2.74. The van der Waals surface area contributed by atoms with Gasteiger partial charge in [-0.2, -0.15) is 0 Å². The fourth-order valence-electron chi connectivity index (χ4n) is 1.90. The average molecular weight is 251 g/mol. The number of ether oxygens (including phenoxy) is 2. The van der Waals surface area contributed by atoms with Crippen molar-refractivity contribution in [2.24, 2.45) is 0 Å². The van der Waals surface area contributed by atoms with Gasteiger partial charge in [0.1, 0.15) is 5.75 Å².